The first-order chi connectivity index (χ1) is 9.16. The molecule has 2 aromatic rings. The minimum Gasteiger partial charge on any atom is -0.507 e. The lowest BCUT2D eigenvalue weighted by atomic mass is 10.1. The number of benzene rings is 2. The molecule has 5 nitrogen and oxygen atoms in total. The summed E-state index contributed by atoms with van der Waals surface area (Å²) in [6.45, 7) is 0.440. The molecule has 0 fully saturated rings. The average Bonchev–Trinajstić information content (AvgIpc) is 2.41. The number of carboxylic acids is 1. The predicted molar refractivity (Wildman–Crippen MR) is 72.0 cm³/mol. The van der Waals surface area contributed by atoms with E-state index >= 15 is 0 Å². The van der Waals surface area contributed by atoms with Crippen LogP contribution in [0.25, 0.3) is 0 Å². The number of carbonyl (C=O) groups is 1. The number of rotatable bonds is 5. The minimum absolute atomic E-state index is 0.0981. The summed E-state index contributed by atoms with van der Waals surface area (Å²) in [4.78, 5) is 10.9. The third kappa shape index (κ3) is 3.46. The lowest BCUT2D eigenvalue weighted by molar-refractivity contribution is 0.0693. The Morgan fingerprint density at radius 2 is 1.84 bits per heavy atom. The number of anilines is 1. The topological polar surface area (TPSA) is 81.6 Å². The number of nitrogens with one attached hydrogen (secondary N) is 2. The molecular formula is C14H14N2O3. The second kappa shape index (κ2) is 5.88. The van der Waals surface area contributed by atoms with Gasteiger partial charge in [0.1, 0.15) is 11.3 Å². The Balaban J connectivity index is 1.97. The van der Waals surface area contributed by atoms with Gasteiger partial charge in [0.25, 0.3) is 0 Å². The highest BCUT2D eigenvalue weighted by Gasteiger charge is 2.09. The molecule has 0 aliphatic heterocycles. The summed E-state index contributed by atoms with van der Waals surface area (Å²) >= 11 is 0. The van der Waals surface area contributed by atoms with Crippen molar-refractivity contribution < 1.29 is 15.0 Å². The van der Waals surface area contributed by atoms with Gasteiger partial charge in [0.15, 0.2) is 0 Å². The van der Waals surface area contributed by atoms with Crippen LogP contribution in [0.2, 0.25) is 0 Å². The normalized spacial score (nSPS) is 10.1. The van der Waals surface area contributed by atoms with Crippen LogP contribution in [0.3, 0.4) is 0 Å². The fourth-order valence-electron chi connectivity index (χ4n) is 1.63. The van der Waals surface area contributed by atoms with E-state index in [1.165, 1.54) is 12.1 Å². The number of hydrogen-bond acceptors (Lipinski definition) is 4. The van der Waals surface area contributed by atoms with Gasteiger partial charge in [-0.25, -0.2) is 10.2 Å². The Morgan fingerprint density at radius 1 is 1.11 bits per heavy atom. The highest BCUT2D eigenvalue weighted by molar-refractivity contribution is 5.90. The van der Waals surface area contributed by atoms with Crippen LogP contribution >= 0.6 is 0 Å². The summed E-state index contributed by atoms with van der Waals surface area (Å²) in [6.07, 6.45) is 0. The Morgan fingerprint density at radius 3 is 2.53 bits per heavy atom. The van der Waals surface area contributed by atoms with Gasteiger partial charge in [0.05, 0.1) is 0 Å². The number of aromatic hydroxyl groups is 1. The van der Waals surface area contributed by atoms with Crippen molar-refractivity contribution in [3.05, 3.63) is 59.7 Å². The van der Waals surface area contributed by atoms with Crippen LogP contribution in [-0.2, 0) is 6.54 Å². The molecular weight excluding hydrogens is 244 g/mol. The predicted octanol–water partition coefficient (Wildman–Crippen LogP) is 2.21. The number of aromatic carboxylic acids is 1. The zero-order valence-electron chi connectivity index (χ0n) is 10.1. The molecule has 0 spiro atoms. The van der Waals surface area contributed by atoms with Crippen LogP contribution in [0.1, 0.15) is 15.9 Å². The minimum atomic E-state index is -1.14. The summed E-state index contributed by atoms with van der Waals surface area (Å²) < 4.78 is 0. The molecule has 0 aliphatic carbocycles. The molecule has 0 atom stereocenters. The second-order valence-corrected chi connectivity index (χ2v) is 4.00. The van der Waals surface area contributed by atoms with Crippen LogP contribution in [0, 0.1) is 0 Å². The van der Waals surface area contributed by atoms with Gasteiger partial charge >= 0.3 is 5.97 Å². The van der Waals surface area contributed by atoms with Gasteiger partial charge in [-0.1, -0.05) is 24.3 Å². The van der Waals surface area contributed by atoms with Crippen LogP contribution in [0.15, 0.2) is 48.5 Å². The molecule has 2 rings (SSSR count). The number of phenols is 1. The fraction of sp³-hybridized carbons (Fsp3) is 0.0714. The van der Waals surface area contributed by atoms with Gasteiger partial charge in [-0.3, -0.25) is 0 Å². The van der Waals surface area contributed by atoms with Crippen molar-refractivity contribution in [2.75, 3.05) is 5.43 Å². The van der Waals surface area contributed by atoms with Gasteiger partial charge in [0, 0.05) is 12.2 Å². The monoisotopic (exact) mass is 258 g/mol. The highest BCUT2D eigenvalue weighted by atomic mass is 16.4. The van der Waals surface area contributed by atoms with Crippen LogP contribution in [-0.4, -0.2) is 16.2 Å². The number of hydrazine groups is 1. The SMILES string of the molecule is O=C(O)c1cc(CNNc2ccccc2)ccc1O. The maximum absolute atomic E-state index is 10.9. The molecule has 0 aromatic heterocycles. The van der Waals surface area contributed by atoms with E-state index in [2.05, 4.69) is 10.9 Å². The Hall–Kier alpha value is -2.53. The van der Waals surface area contributed by atoms with E-state index in [0.717, 1.165) is 11.3 Å². The largest absolute Gasteiger partial charge is 0.507 e. The van der Waals surface area contributed by atoms with Crippen LogP contribution in [0.4, 0.5) is 5.69 Å². The van der Waals surface area contributed by atoms with E-state index in [1.807, 2.05) is 30.3 Å². The Bertz CT molecular complexity index is 570. The van der Waals surface area contributed by atoms with Gasteiger partial charge in [-0.2, -0.15) is 0 Å². The smallest absolute Gasteiger partial charge is 0.339 e. The summed E-state index contributed by atoms with van der Waals surface area (Å²) in [5.74, 6) is -1.37. The molecule has 2 aromatic carbocycles. The zero-order chi connectivity index (χ0) is 13.7. The summed E-state index contributed by atoms with van der Waals surface area (Å²) in [6, 6.07) is 14.0. The van der Waals surface area contributed by atoms with E-state index in [1.54, 1.807) is 6.07 Å². The fourth-order valence-corrected chi connectivity index (χ4v) is 1.63. The van der Waals surface area contributed by atoms with Gasteiger partial charge in [-0.05, 0) is 29.8 Å². The maximum Gasteiger partial charge on any atom is 0.339 e. The van der Waals surface area contributed by atoms with Gasteiger partial charge in [-0.15, -0.1) is 0 Å². The maximum atomic E-state index is 10.9. The van der Waals surface area contributed by atoms with Crippen molar-refractivity contribution in [2.24, 2.45) is 0 Å². The Labute approximate surface area is 110 Å². The van der Waals surface area contributed by atoms with E-state index in [9.17, 15) is 9.90 Å². The summed E-state index contributed by atoms with van der Waals surface area (Å²) in [5, 5.41) is 18.3. The van der Waals surface area contributed by atoms with E-state index in [0.29, 0.717) is 6.54 Å². The molecule has 5 heteroatoms. The average molecular weight is 258 g/mol. The zero-order valence-corrected chi connectivity index (χ0v) is 10.1. The van der Waals surface area contributed by atoms with E-state index < -0.39 is 5.97 Å². The van der Waals surface area contributed by atoms with E-state index in [4.69, 9.17) is 5.11 Å². The third-order valence-electron chi connectivity index (χ3n) is 2.59. The van der Waals surface area contributed by atoms with Gasteiger partial charge < -0.3 is 15.6 Å². The number of para-hydroxylation sites is 1. The quantitative estimate of drug-likeness (QED) is 0.618. The number of hydrogen-bond donors (Lipinski definition) is 4. The first-order valence-corrected chi connectivity index (χ1v) is 5.76. The first-order valence-electron chi connectivity index (χ1n) is 5.76. The van der Waals surface area contributed by atoms with Gasteiger partial charge in [0.2, 0.25) is 0 Å². The first kappa shape index (κ1) is 12.9. The second-order valence-electron chi connectivity index (χ2n) is 4.00. The standard InChI is InChI=1S/C14H14N2O3/c17-13-7-6-10(8-12(13)14(18)19)9-15-16-11-4-2-1-3-5-11/h1-8,15-17H,9H2,(H,18,19). The van der Waals surface area contributed by atoms with E-state index in [-0.39, 0.29) is 11.3 Å². The molecule has 19 heavy (non-hydrogen) atoms. The molecule has 0 saturated carbocycles. The molecule has 0 amide bonds. The molecule has 0 bridgehead atoms. The van der Waals surface area contributed by atoms with Crippen molar-refractivity contribution in [3.8, 4) is 5.75 Å². The summed E-state index contributed by atoms with van der Waals surface area (Å²) in [5.41, 5.74) is 7.56. The number of carboxylic acid groups (broad SMARTS) is 1. The lowest BCUT2D eigenvalue weighted by Gasteiger charge is -2.09. The highest BCUT2D eigenvalue weighted by Crippen LogP contribution is 2.18. The van der Waals surface area contributed by atoms with Crippen LogP contribution < -0.4 is 10.9 Å². The van der Waals surface area contributed by atoms with Crippen molar-refractivity contribution >= 4 is 11.7 Å². The van der Waals surface area contributed by atoms with Crippen LogP contribution in [0.5, 0.6) is 5.75 Å². The lowest BCUT2D eigenvalue weighted by Crippen LogP contribution is -2.20. The molecule has 0 heterocycles. The molecule has 0 radical (unpaired) electrons. The van der Waals surface area contributed by atoms with Crippen molar-refractivity contribution in [1.82, 2.24) is 5.43 Å². The Kier molecular flexibility index (Phi) is 4.00. The van der Waals surface area contributed by atoms with Crippen molar-refractivity contribution in [2.45, 2.75) is 6.54 Å². The molecule has 0 aliphatic rings. The molecule has 0 saturated heterocycles. The molecule has 0 unspecified atom stereocenters. The van der Waals surface area contributed by atoms with Crippen molar-refractivity contribution in [3.63, 3.8) is 0 Å². The summed E-state index contributed by atoms with van der Waals surface area (Å²) in [7, 11) is 0. The molecule has 4 N–H and O–H groups in total. The third-order valence-corrected chi connectivity index (χ3v) is 2.59. The molecule has 98 valence electrons. The van der Waals surface area contributed by atoms with Crippen molar-refractivity contribution in [1.29, 1.82) is 0 Å².